The number of amides is 1. The summed E-state index contributed by atoms with van der Waals surface area (Å²) in [4.78, 5) is 12.1. The van der Waals surface area contributed by atoms with Crippen LogP contribution in [0.25, 0.3) is 0 Å². The Hall–Kier alpha value is -2.38. The van der Waals surface area contributed by atoms with Gasteiger partial charge in [-0.15, -0.1) is 0 Å². The van der Waals surface area contributed by atoms with Gasteiger partial charge in [-0.05, 0) is 48.6 Å². The van der Waals surface area contributed by atoms with Crippen molar-refractivity contribution in [2.45, 2.75) is 30.2 Å². The average Bonchev–Trinajstić information content (AvgIpc) is 2.67. The summed E-state index contributed by atoms with van der Waals surface area (Å²) in [6, 6.07) is 11.9. The molecule has 0 fully saturated rings. The van der Waals surface area contributed by atoms with Crippen LogP contribution in [-0.2, 0) is 16.4 Å². The molecule has 0 spiro atoms. The van der Waals surface area contributed by atoms with Gasteiger partial charge in [0.25, 0.3) is 5.91 Å². The number of sulfonamides is 1. The molecule has 0 saturated heterocycles. The maximum absolute atomic E-state index is 12.9. The Bertz CT molecular complexity index is 925. The molecule has 0 aromatic heterocycles. The molecule has 2 aromatic rings. The van der Waals surface area contributed by atoms with Crippen LogP contribution < -0.4 is 14.8 Å². The number of benzene rings is 2. The number of fused-ring (bicyclic) bond motifs is 1. The van der Waals surface area contributed by atoms with E-state index in [4.69, 9.17) is 4.74 Å². The number of hydrogen-bond acceptors (Lipinski definition) is 4. The van der Waals surface area contributed by atoms with Gasteiger partial charge in [-0.3, -0.25) is 4.79 Å². The number of aryl methyl sites for hydroxylation is 1. The first-order valence-corrected chi connectivity index (χ1v) is 9.95. The Morgan fingerprint density at radius 1 is 1.19 bits per heavy atom. The smallest absolute Gasteiger partial charge is 0.254 e. The SMILES string of the molecule is CNC(=O)c1cc(S(=O)(=O)N[C@H]2CCCc3ccccc32)ccc1OC. The van der Waals surface area contributed by atoms with Gasteiger partial charge in [0.15, 0.2) is 0 Å². The molecule has 0 aliphatic heterocycles. The number of nitrogens with one attached hydrogen (secondary N) is 2. The highest BCUT2D eigenvalue weighted by Crippen LogP contribution is 2.31. The van der Waals surface area contributed by atoms with Crippen LogP contribution in [0.1, 0.15) is 40.4 Å². The van der Waals surface area contributed by atoms with Crippen LogP contribution >= 0.6 is 0 Å². The molecule has 26 heavy (non-hydrogen) atoms. The van der Waals surface area contributed by atoms with Gasteiger partial charge in [0.1, 0.15) is 5.75 Å². The monoisotopic (exact) mass is 374 g/mol. The van der Waals surface area contributed by atoms with Gasteiger partial charge in [-0.25, -0.2) is 13.1 Å². The summed E-state index contributed by atoms with van der Waals surface area (Å²) < 4.78 is 33.7. The van der Waals surface area contributed by atoms with Gasteiger partial charge < -0.3 is 10.1 Å². The van der Waals surface area contributed by atoms with E-state index < -0.39 is 15.9 Å². The van der Waals surface area contributed by atoms with Crippen molar-refractivity contribution in [1.29, 1.82) is 0 Å². The van der Waals surface area contributed by atoms with Crippen molar-refractivity contribution >= 4 is 15.9 Å². The minimum absolute atomic E-state index is 0.0416. The lowest BCUT2D eigenvalue weighted by molar-refractivity contribution is 0.0960. The normalized spacial score (nSPS) is 16.6. The topological polar surface area (TPSA) is 84.5 Å². The Balaban J connectivity index is 1.93. The molecular weight excluding hydrogens is 352 g/mol. The second-order valence-corrected chi connectivity index (χ2v) is 7.92. The van der Waals surface area contributed by atoms with E-state index in [-0.39, 0.29) is 16.5 Å². The highest BCUT2D eigenvalue weighted by atomic mass is 32.2. The molecule has 0 bridgehead atoms. The van der Waals surface area contributed by atoms with Crippen LogP contribution in [-0.4, -0.2) is 28.5 Å². The molecule has 138 valence electrons. The zero-order chi connectivity index (χ0) is 18.7. The Morgan fingerprint density at radius 2 is 1.96 bits per heavy atom. The van der Waals surface area contributed by atoms with Gasteiger partial charge in [-0.2, -0.15) is 0 Å². The predicted molar refractivity (Wildman–Crippen MR) is 98.8 cm³/mol. The number of hydrogen-bond donors (Lipinski definition) is 2. The number of ether oxygens (including phenoxy) is 1. The van der Waals surface area contributed by atoms with E-state index in [0.717, 1.165) is 24.8 Å². The first kappa shape index (κ1) is 18.4. The van der Waals surface area contributed by atoms with Crippen molar-refractivity contribution in [3.05, 3.63) is 59.2 Å². The maximum Gasteiger partial charge on any atom is 0.254 e. The average molecular weight is 374 g/mol. The van der Waals surface area contributed by atoms with Crippen molar-refractivity contribution in [3.63, 3.8) is 0 Å². The number of carbonyl (C=O) groups excluding carboxylic acids is 1. The van der Waals surface area contributed by atoms with Crippen LogP contribution in [0.15, 0.2) is 47.4 Å². The van der Waals surface area contributed by atoms with E-state index in [2.05, 4.69) is 10.0 Å². The van der Waals surface area contributed by atoms with Crippen molar-refractivity contribution in [1.82, 2.24) is 10.0 Å². The van der Waals surface area contributed by atoms with Crippen LogP contribution in [0.2, 0.25) is 0 Å². The molecule has 2 aromatic carbocycles. The summed E-state index contributed by atoms with van der Waals surface area (Å²) >= 11 is 0. The van der Waals surface area contributed by atoms with Crippen molar-refractivity contribution in [2.24, 2.45) is 0 Å². The van der Waals surface area contributed by atoms with Gasteiger partial charge in [0.2, 0.25) is 10.0 Å². The predicted octanol–water partition coefficient (Wildman–Crippen LogP) is 2.41. The van der Waals surface area contributed by atoms with Crippen molar-refractivity contribution in [2.75, 3.05) is 14.2 Å². The maximum atomic E-state index is 12.9. The van der Waals surface area contributed by atoms with Crippen LogP contribution in [0.4, 0.5) is 0 Å². The molecule has 0 saturated carbocycles. The summed E-state index contributed by atoms with van der Waals surface area (Å²) in [5.41, 5.74) is 2.37. The second kappa shape index (κ2) is 7.47. The number of methoxy groups -OCH3 is 1. The van der Waals surface area contributed by atoms with E-state index >= 15 is 0 Å². The summed E-state index contributed by atoms with van der Waals surface area (Å²) in [7, 11) is -0.853. The third-order valence-electron chi connectivity index (χ3n) is 4.62. The van der Waals surface area contributed by atoms with Crippen LogP contribution in [0.5, 0.6) is 5.75 Å². The molecule has 1 aliphatic carbocycles. The van der Waals surface area contributed by atoms with Gasteiger partial charge in [0, 0.05) is 13.1 Å². The fraction of sp³-hybridized carbons (Fsp3) is 0.316. The highest BCUT2D eigenvalue weighted by Gasteiger charge is 2.26. The van der Waals surface area contributed by atoms with Crippen molar-refractivity contribution < 1.29 is 17.9 Å². The molecule has 1 amide bonds. The van der Waals surface area contributed by atoms with Gasteiger partial charge >= 0.3 is 0 Å². The summed E-state index contributed by atoms with van der Waals surface area (Å²) in [6.45, 7) is 0. The minimum Gasteiger partial charge on any atom is -0.496 e. The standard InChI is InChI=1S/C19H22N2O4S/c1-20-19(22)16-12-14(10-11-18(16)25-2)26(23,24)21-17-9-5-7-13-6-3-4-8-15(13)17/h3-4,6,8,10-12,17,21H,5,7,9H2,1-2H3,(H,20,22)/t17-/m0/s1. The molecule has 1 atom stereocenters. The van der Waals surface area contributed by atoms with Crippen LogP contribution in [0.3, 0.4) is 0 Å². The lowest BCUT2D eigenvalue weighted by atomic mass is 9.88. The summed E-state index contributed by atoms with van der Waals surface area (Å²) in [5, 5.41) is 2.49. The van der Waals surface area contributed by atoms with E-state index in [1.807, 2.05) is 24.3 Å². The van der Waals surface area contributed by atoms with Gasteiger partial charge in [0.05, 0.1) is 17.6 Å². The summed E-state index contributed by atoms with van der Waals surface area (Å²) in [6.07, 6.45) is 2.63. The van der Waals surface area contributed by atoms with E-state index in [1.54, 1.807) is 0 Å². The molecule has 2 N–H and O–H groups in total. The highest BCUT2D eigenvalue weighted by molar-refractivity contribution is 7.89. The third kappa shape index (κ3) is 3.59. The Morgan fingerprint density at radius 3 is 2.69 bits per heavy atom. The summed E-state index contributed by atoms with van der Waals surface area (Å²) in [5.74, 6) is -0.0757. The fourth-order valence-electron chi connectivity index (χ4n) is 3.30. The lowest BCUT2D eigenvalue weighted by Crippen LogP contribution is -2.31. The molecule has 0 unspecified atom stereocenters. The zero-order valence-corrected chi connectivity index (χ0v) is 15.6. The van der Waals surface area contributed by atoms with E-state index in [0.29, 0.717) is 5.75 Å². The zero-order valence-electron chi connectivity index (χ0n) is 14.8. The van der Waals surface area contributed by atoms with Crippen molar-refractivity contribution in [3.8, 4) is 5.75 Å². The Kier molecular flexibility index (Phi) is 5.29. The molecular formula is C19H22N2O4S. The molecule has 1 aliphatic rings. The first-order valence-electron chi connectivity index (χ1n) is 8.46. The molecule has 6 nitrogen and oxygen atoms in total. The molecule has 0 heterocycles. The van der Waals surface area contributed by atoms with E-state index in [9.17, 15) is 13.2 Å². The van der Waals surface area contributed by atoms with Gasteiger partial charge in [-0.1, -0.05) is 24.3 Å². The molecule has 7 heteroatoms. The molecule has 3 rings (SSSR count). The number of carbonyl (C=O) groups is 1. The van der Waals surface area contributed by atoms with E-state index in [1.165, 1.54) is 37.9 Å². The largest absolute Gasteiger partial charge is 0.496 e. The lowest BCUT2D eigenvalue weighted by Gasteiger charge is -2.26. The first-order chi connectivity index (χ1) is 12.5. The quantitative estimate of drug-likeness (QED) is 0.842. The minimum atomic E-state index is -3.78. The number of rotatable bonds is 5. The molecule has 0 radical (unpaired) electrons. The fourth-order valence-corrected chi connectivity index (χ4v) is 4.57. The third-order valence-corrected chi connectivity index (χ3v) is 6.09. The van der Waals surface area contributed by atoms with Crippen LogP contribution in [0, 0.1) is 0 Å². The Labute approximate surface area is 153 Å². The second-order valence-electron chi connectivity index (χ2n) is 6.21.